The molecule has 0 aliphatic rings. The number of para-hydroxylation sites is 1. The number of ether oxygens (including phenoxy) is 4. The smallest absolute Gasteiger partial charge is 0.343 e. The Balaban J connectivity index is 2.25. The Kier molecular flexibility index (Phi) is 5.78. The van der Waals surface area contributed by atoms with Crippen LogP contribution in [-0.4, -0.2) is 33.3 Å². The van der Waals surface area contributed by atoms with Gasteiger partial charge in [0, 0.05) is 11.6 Å². The van der Waals surface area contributed by atoms with Gasteiger partial charge >= 0.3 is 11.9 Å². The second-order valence-electron chi connectivity index (χ2n) is 4.85. The predicted octanol–water partition coefficient (Wildman–Crippen LogP) is 2.64. The van der Waals surface area contributed by atoms with Gasteiger partial charge in [-0.2, -0.15) is 0 Å². The number of esters is 2. The number of rotatable bonds is 6. The summed E-state index contributed by atoms with van der Waals surface area (Å²) in [4.78, 5) is 23.9. The first-order valence-corrected chi connectivity index (χ1v) is 7.17. The summed E-state index contributed by atoms with van der Waals surface area (Å²) in [6, 6.07) is 11.5. The zero-order valence-electron chi connectivity index (χ0n) is 13.7. The van der Waals surface area contributed by atoms with Gasteiger partial charge in [-0.25, -0.2) is 4.79 Å². The van der Waals surface area contributed by atoms with Gasteiger partial charge in [-0.1, -0.05) is 18.2 Å². The van der Waals surface area contributed by atoms with Crippen LogP contribution >= 0.6 is 0 Å². The van der Waals surface area contributed by atoms with Gasteiger partial charge in [-0.3, -0.25) is 4.79 Å². The average Bonchev–Trinajstić information content (AvgIpc) is 2.62. The van der Waals surface area contributed by atoms with Crippen molar-refractivity contribution in [2.75, 3.05) is 21.3 Å². The summed E-state index contributed by atoms with van der Waals surface area (Å²) in [5, 5.41) is 0. The van der Waals surface area contributed by atoms with E-state index in [1.807, 2.05) is 0 Å². The van der Waals surface area contributed by atoms with Crippen LogP contribution < -0.4 is 14.2 Å². The Morgan fingerprint density at radius 3 is 2.12 bits per heavy atom. The van der Waals surface area contributed by atoms with E-state index in [-0.39, 0.29) is 12.0 Å². The molecule has 0 saturated heterocycles. The number of carbonyl (C=O) groups excluding carboxylic acids is 2. The molecule has 0 atom stereocenters. The van der Waals surface area contributed by atoms with Gasteiger partial charge in [0.2, 0.25) is 0 Å². The summed E-state index contributed by atoms with van der Waals surface area (Å²) in [7, 11) is 4.30. The van der Waals surface area contributed by atoms with E-state index < -0.39 is 11.9 Å². The fraction of sp³-hybridized carbons (Fsp3) is 0.222. The summed E-state index contributed by atoms with van der Waals surface area (Å²) >= 11 is 0. The van der Waals surface area contributed by atoms with Crippen LogP contribution in [0, 0.1) is 0 Å². The van der Waals surface area contributed by atoms with Crippen LogP contribution in [0.3, 0.4) is 0 Å². The van der Waals surface area contributed by atoms with E-state index in [1.54, 1.807) is 42.5 Å². The highest BCUT2D eigenvalue weighted by molar-refractivity contribution is 5.92. The Bertz CT molecular complexity index is 716. The molecular formula is C18H18O6. The first-order chi connectivity index (χ1) is 11.6. The zero-order valence-corrected chi connectivity index (χ0v) is 13.7. The lowest BCUT2D eigenvalue weighted by Crippen LogP contribution is -2.12. The molecule has 0 saturated carbocycles. The molecule has 0 amide bonds. The standard InChI is InChI=1S/C18H18O6/c1-21-14-8-13(9-15(11-14)22-2)18(20)24-16-7-5-4-6-12(16)10-17(19)23-3/h4-9,11H,10H2,1-3H3. The van der Waals surface area contributed by atoms with Crippen molar-refractivity contribution in [1.82, 2.24) is 0 Å². The van der Waals surface area contributed by atoms with Crippen molar-refractivity contribution >= 4 is 11.9 Å². The third-order valence-corrected chi connectivity index (χ3v) is 3.32. The highest BCUT2D eigenvalue weighted by Crippen LogP contribution is 2.25. The molecule has 0 heterocycles. The predicted molar refractivity (Wildman–Crippen MR) is 86.7 cm³/mol. The van der Waals surface area contributed by atoms with E-state index in [0.717, 1.165) is 0 Å². The molecule has 0 aromatic heterocycles. The zero-order chi connectivity index (χ0) is 17.5. The van der Waals surface area contributed by atoms with E-state index in [0.29, 0.717) is 22.8 Å². The molecule has 0 N–H and O–H groups in total. The topological polar surface area (TPSA) is 71.1 Å². The monoisotopic (exact) mass is 330 g/mol. The molecule has 126 valence electrons. The van der Waals surface area contributed by atoms with E-state index in [9.17, 15) is 9.59 Å². The van der Waals surface area contributed by atoms with Crippen molar-refractivity contribution in [3.05, 3.63) is 53.6 Å². The minimum absolute atomic E-state index is 0.0153. The summed E-state index contributed by atoms with van der Waals surface area (Å²) in [6.07, 6.45) is 0.0153. The highest BCUT2D eigenvalue weighted by atomic mass is 16.5. The van der Waals surface area contributed by atoms with Crippen molar-refractivity contribution in [3.63, 3.8) is 0 Å². The summed E-state index contributed by atoms with van der Waals surface area (Å²) in [5.41, 5.74) is 0.839. The van der Waals surface area contributed by atoms with Crippen molar-refractivity contribution < 1.29 is 28.5 Å². The lowest BCUT2D eigenvalue weighted by molar-refractivity contribution is -0.139. The Morgan fingerprint density at radius 2 is 1.54 bits per heavy atom. The van der Waals surface area contributed by atoms with Crippen LogP contribution in [0.2, 0.25) is 0 Å². The highest BCUT2D eigenvalue weighted by Gasteiger charge is 2.15. The minimum atomic E-state index is -0.579. The summed E-state index contributed by atoms with van der Waals surface area (Å²) in [6.45, 7) is 0. The van der Waals surface area contributed by atoms with Crippen LogP contribution in [0.25, 0.3) is 0 Å². The normalized spacial score (nSPS) is 9.96. The molecule has 24 heavy (non-hydrogen) atoms. The van der Waals surface area contributed by atoms with E-state index in [2.05, 4.69) is 4.74 Å². The van der Waals surface area contributed by atoms with Gasteiger partial charge in [-0.05, 0) is 18.2 Å². The molecule has 2 aromatic rings. The number of hydrogen-bond acceptors (Lipinski definition) is 6. The number of carbonyl (C=O) groups is 2. The molecule has 0 aliphatic heterocycles. The first kappa shape index (κ1) is 17.3. The van der Waals surface area contributed by atoms with Crippen molar-refractivity contribution in [3.8, 4) is 17.2 Å². The summed E-state index contributed by atoms with van der Waals surface area (Å²) < 4.78 is 20.3. The van der Waals surface area contributed by atoms with Crippen molar-refractivity contribution in [2.24, 2.45) is 0 Å². The molecule has 0 radical (unpaired) electrons. The quantitative estimate of drug-likeness (QED) is 0.599. The lowest BCUT2D eigenvalue weighted by Gasteiger charge is -2.11. The SMILES string of the molecule is COC(=O)Cc1ccccc1OC(=O)c1cc(OC)cc(OC)c1. The number of benzene rings is 2. The van der Waals surface area contributed by atoms with Gasteiger partial charge in [0.1, 0.15) is 17.2 Å². The average molecular weight is 330 g/mol. The molecule has 0 bridgehead atoms. The van der Waals surface area contributed by atoms with E-state index >= 15 is 0 Å². The molecule has 6 heteroatoms. The largest absolute Gasteiger partial charge is 0.497 e. The van der Waals surface area contributed by atoms with Gasteiger partial charge < -0.3 is 18.9 Å². The molecule has 0 fully saturated rings. The van der Waals surface area contributed by atoms with Gasteiger partial charge in [-0.15, -0.1) is 0 Å². The third-order valence-electron chi connectivity index (χ3n) is 3.32. The third kappa shape index (κ3) is 4.25. The maximum atomic E-state index is 12.4. The molecule has 0 aliphatic carbocycles. The lowest BCUT2D eigenvalue weighted by atomic mass is 10.1. The molecule has 2 rings (SSSR count). The summed E-state index contributed by atoms with van der Waals surface area (Å²) in [5.74, 6) is 0.258. The van der Waals surface area contributed by atoms with Crippen LogP contribution in [0.15, 0.2) is 42.5 Å². The van der Waals surface area contributed by atoms with Crippen molar-refractivity contribution in [1.29, 1.82) is 0 Å². The van der Waals surface area contributed by atoms with E-state index in [1.165, 1.54) is 21.3 Å². The number of methoxy groups -OCH3 is 3. The van der Waals surface area contributed by atoms with Gasteiger partial charge in [0.25, 0.3) is 0 Å². The minimum Gasteiger partial charge on any atom is -0.497 e. The maximum Gasteiger partial charge on any atom is 0.343 e. The van der Waals surface area contributed by atoms with E-state index in [4.69, 9.17) is 14.2 Å². The molecule has 2 aromatic carbocycles. The molecular weight excluding hydrogens is 312 g/mol. The van der Waals surface area contributed by atoms with Crippen LogP contribution in [0.5, 0.6) is 17.2 Å². The number of hydrogen-bond donors (Lipinski definition) is 0. The van der Waals surface area contributed by atoms with Gasteiger partial charge in [0.05, 0.1) is 33.3 Å². The fourth-order valence-corrected chi connectivity index (χ4v) is 2.06. The van der Waals surface area contributed by atoms with Crippen LogP contribution in [0.4, 0.5) is 0 Å². The van der Waals surface area contributed by atoms with Gasteiger partial charge in [0.15, 0.2) is 0 Å². The Morgan fingerprint density at radius 1 is 0.917 bits per heavy atom. The molecule has 6 nitrogen and oxygen atoms in total. The Hall–Kier alpha value is -3.02. The first-order valence-electron chi connectivity index (χ1n) is 7.17. The van der Waals surface area contributed by atoms with Crippen LogP contribution in [-0.2, 0) is 16.0 Å². The second kappa shape index (κ2) is 8.01. The maximum absolute atomic E-state index is 12.4. The van der Waals surface area contributed by atoms with Crippen molar-refractivity contribution in [2.45, 2.75) is 6.42 Å². The second-order valence-corrected chi connectivity index (χ2v) is 4.85. The fourth-order valence-electron chi connectivity index (χ4n) is 2.06. The molecule has 0 unspecified atom stereocenters. The van der Waals surface area contributed by atoms with Crippen LogP contribution in [0.1, 0.15) is 15.9 Å². The Labute approximate surface area is 139 Å². The molecule has 0 spiro atoms.